The summed E-state index contributed by atoms with van der Waals surface area (Å²) in [6.07, 6.45) is 4.03. The molecule has 3 aliphatic rings. The second-order valence-corrected chi connectivity index (χ2v) is 11.4. The Morgan fingerprint density at radius 1 is 0.872 bits per heavy atom. The summed E-state index contributed by atoms with van der Waals surface area (Å²) in [7, 11) is 7.36. The molecular weight excluding hydrogens is 597 g/mol. The standard InChI is InChI=1S/C13H14O4.C7H12O2.C5H8ClNO2.Cl2OS/c14-9-10-1-3-12(4-2-10)17-13(15)11-5-7-16-8-6-11;1-6(8)7-2-4-9-5-3-7;6-5(8)7-1-3-9-4-2-7;1-4(2)3/h1-4,9,11H,5-8H2;7H,2-5H2,1H3;1-4H2;. The number of nitrogens with zero attached hydrogens (tertiary/aromatic N) is 1. The number of hydrogen-bond donors (Lipinski definition) is 0. The minimum absolute atomic E-state index is 0.0745. The highest BCUT2D eigenvalue weighted by molar-refractivity contribution is 8.26. The molecule has 0 aliphatic carbocycles. The predicted molar refractivity (Wildman–Crippen MR) is 149 cm³/mol. The predicted octanol–water partition coefficient (Wildman–Crippen LogP) is 4.55. The van der Waals surface area contributed by atoms with Gasteiger partial charge in [-0.1, -0.05) is 0 Å². The number of esters is 1. The Morgan fingerprint density at radius 3 is 1.67 bits per heavy atom. The van der Waals surface area contributed by atoms with Gasteiger partial charge in [-0.25, -0.2) is 4.21 Å². The summed E-state index contributed by atoms with van der Waals surface area (Å²) in [5.74, 6) is 0.797. The average molecular weight is 631 g/mol. The molecule has 0 N–H and O–H groups in total. The number of carbonyl (C=O) groups excluding carboxylic acids is 4. The van der Waals surface area contributed by atoms with E-state index in [0.29, 0.717) is 75.4 Å². The van der Waals surface area contributed by atoms with Crippen molar-refractivity contribution in [1.82, 2.24) is 4.90 Å². The number of ether oxygens (including phenoxy) is 4. The fourth-order valence-electron chi connectivity index (χ4n) is 3.59. The van der Waals surface area contributed by atoms with Crippen LogP contribution in [0.15, 0.2) is 24.3 Å². The summed E-state index contributed by atoms with van der Waals surface area (Å²) in [4.78, 5) is 45.0. The van der Waals surface area contributed by atoms with E-state index in [1.807, 2.05) is 0 Å². The van der Waals surface area contributed by atoms with Crippen molar-refractivity contribution in [1.29, 1.82) is 0 Å². The molecule has 0 unspecified atom stereocenters. The van der Waals surface area contributed by atoms with Crippen LogP contribution in [-0.4, -0.2) is 85.2 Å². The first kappa shape index (κ1) is 35.4. The number of benzene rings is 1. The minimum Gasteiger partial charge on any atom is -0.426 e. The smallest absolute Gasteiger partial charge is 0.316 e. The van der Waals surface area contributed by atoms with Crippen molar-refractivity contribution in [3.8, 4) is 5.75 Å². The third kappa shape index (κ3) is 17.0. The van der Waals surface area contributed by atoms with E-state index < -0.39 is 9.23 Å². The van der Waals surface area contributed by atoms with E-state index in [9.17, 15) is 19.2 Å². The van der Waals surface area contributed by atoms with E-state index in [2.05, 4.69) is 21.4 Å². The average Bonchev–Trinajstić information content (AvgIpc) is 2.95. The lowest BCUT2D eigenvalue weighted by Crippen LogP contribution is -2.37. The second kappa shape index (κ2) is 21.2. The van der Waals surface area contributed by atoms with Gasteiger partial charge in [-0.05, 0) is 68.5 Å². The first-order chi connectivity index (χ1) is 18.6. The van der Waals surface area contributed by atoms with Gasteiger partial charge in [-0.2, -0.15) is 0 Å². The van der Waals surface area contributed by atoms with E-state index >= 15 is 0 Å². The van der Waals surface area contributed by atoms with E-state index in [1.165, 1.54) is 0 Å². The fourth-order valence-corrected chi connectivity index (χ4v) is 3.76. The van der Waals surface area contributed by atoms with Crippen molar-refractivity contribution in [3.05, 3.63) is 29.8 Å². The number of amides is 1. The Morgan fingerprint density at radius 2 is 1.31 bits per heavy atom. The minimum atomic E-state index is -1.67. The third-order valence-corrected chi connectivity index (χ3v) is 6.08. The molecule has 1 amide bonds. The molecular formula is C25H34Cl3NO9S. The zero-order valence-corrected chi connectivity index (χ0v) is 24.8. The Kier molecular flexibility index (Phi) is 19.2. The summed E-state index contributed by atoms with van der Waals surface area (Å²) in [6.45, 7) is 6.90. The largest absolute Gasteiger partial charge is 0.426 e. The van der Waals surface area contributed by atoms with Crippen molar-refractivity contribution in [3.63, 3.8) is 0 Å². The maximum Gasteiger partial charge on any atom is 0.316 e. The van der Waals surface area contributed by atoms with E-state index in [4.69, 9.17) is 34.8 Å². The fraction of sp³-hybridized carbons (Fsp3) is 0.600. The van der Waals surface area contributed by atoms with Gasteiger partial charge in [0.2, 0.25) is 9.23 Å². The lowest BCUT2D eigenvalue weighted by Gasteiger charge is -2.23. The molecule has 4 rings (SSSR count). The highest BCUT2D eigenvalue weighted by atomic mass is 36.0. The topological polar surface area (TPSA) is 126 Å². The second-order valence-electron chi connectivity index (χ2n) is 8.53. The molecule has 0 spiro atoms. The van der Waals surface area contributed by atoms with E-state index in [1.54, 1.807) is 36.1 Å². The molecule has 10 nitrogen and oxygen atoms in total. The molecule has 0 radical (unpaired) electrons. The summed E-state index contributed by atoms with van der Waals surface area (Å²) < 4.78 is 29.6. The molecule has 1 aromatic rings. The van der Waals surface area contributed by atoms with Crippen LogP contribution in [0.5, 0.6) is 5.75 Å². The van der Waals surface area contributed by atoms with Crippen molar-refractivity contribution in [2.24, 2.45) is 11.8 Å². The molecule has 0 bridgehead atoms. The summed E-state index contributed by atoms with van der Waals surface area (Å²) >= 11 is 5.19. The van der Waals surface area contributed by atoms with Crippen LogP contribution in [0.2, 0.25) is 0 Å². The number of rotatable bonds is 4. The van der Waals surface area contributed by atoms with Crippen molar-refractivity contribution < 1.29 is 42.3 Å². The van der Waals surface area contributed by atoms with Gasteiger partial charge >= 0.3 is 11.3 Å². The van der Waals surface area contributed by atoms with Crippen LogP contribution in [0.3, 0.4) is 0 Å². The molecule has 1 aromatic carbocycles. The molecule has 220 valence electrons. The monoisotopic (exact) mass is 629 g/mol. The zero-order chi connectivity index (χ0) is 29.0. The van der Waals surface area contributed by atoms with E-state index in [-0.39, 0.29) is 17.3 Å². The van der Waals surface area contributed by atoms with Gasteiger partial charge in [0.15, 0.2) is 0 Å². The van der Waals surface area contributed by atoms with Gasteiger partial charge in [0.1, 0.15) is 17.8 Å². The van der Waals surface area contributed by atoms with Gasteiger partial charge in [0.25, 0.3) is 0 Å². The zero-order valence-electron chi connectivity index (χ0n) is 21.7. The maximum absolute atomic E-state index is 11.8. The van der Waals surface area contributed by atoms with Crippen molar-refractivity contribution in [2.75, 3.05) is 52.7 Å². The lowest BCUT2D eigenvalue weighted by atomic mass is 9.97. The number of ketones is 1. The number of hydrogen-bond acceptors (Lipinski definition) is 9. The van der Waals surface area contributed by atoms with Crippen LogP contribution in [-0.2, 0) is 33.0 Å². The van der Waals surface area contributed by atoms with Crippen LogP contribution >= 0.6 is 33.0 Å². The Hall–Kier alpha value is -1.60. The number of Topliss-reactive ketones (excluding diaryl/α,β-unsaturated/α-hetero) is 1. The van der Waals surface area contributed by atoms with Crippen LogP contribution in [0.25, 0.3) is 0 Å². The van der Waals surface area contributed by atoms with Gasteiger partial charge < -0.3 is 23.8 Å². The Balaban J connectivity index is 0.000000293. The van der Waals surface area contributed by atoms with Crippen LogP contribution in [0.4, 0.5) is 4.79 Å². The van der Waals surface area contributed by atoms with Gasteiger partial charge in [0.05, 0.1) is 19.1 Å². The summed E-state index contributed by atoms with van der Waals surface area (Å²) in [6, 6.07) is 6.50. The molecule has 0 atom stereocenters. The molecule has 14 heteroatoms. The highest BCUT2D eigenvalue weighted by Crippen LogP contribution is 2.19. The SMILES string of the molecule is CC(=O)C1CCOCC1.O=C(Cl)N1CCOCC1.O=Cc1ccc(OC(=O)C2CCOCC2)cc1.O=S(Cl)Cl. The number of aldehydes is 1. The van der Waals surface area contributed by atoms with Crippen molar-refractivity contribution in [2.45, 2.75) is 32.6 Å². The molecule has 3 heterocycles. The quantitative estimate of drug-likeness (QED) is 0.155. The summed E-state index contributed by atoms with van der Waals surface area (Å²) in [5, 5.41) is -0.377. The molecule has 39 heavy (non-hydrogen) atoms. The molecule has 3 aliphatic heterocycles. The Bertz CT molecular complexity index is 871. The van der Waals surface area contributed by atoms with Gasteiger partial charge in [0, 0.05) is 72.4 Å². The molecule has 3 saturated heterocycles. The van der Waals surface area contributed by atoms with Gasteiger partial charge in [-0.15, -0.1) is 0 Å². The summed E-state index contributed by atoms with van der Waals surface area (Å²) in [5.41, 5.74) is 0.566. The lowest BCUT2D eigenvalue weighted by molar-refractivity contribution is -0.142. The van der Waals surface area contributed by atoms with Crippen LogP contribution < -0.4 is 4.74 Å². The number of morpholine rings is 1. The first-order valence-corrected chi connectivity index (χ1v) is 15.5. The van der Waals surface area contributed by atoms with Crippen molar-refractivity contribution >= 4 is 65.6 Å². The molecule has 0 saturated carbocycles. The first-order valence-electron chi connectivity index (χ1n) is 12.3. The normalized spacial score (nSPS) is 17.7. The number of carbonyl (C=O) groups is 4. The highest BCUT2D eigenvalue weighted by Gasteiger charge is 2.23. The van der Waals surface area contributed by atoms with E-state index in [0.717, 1.165) is 32.3 Å². The maximum atomic E-state index is 11.8. The van der Waals surface area contributed by atoms with Crippen LogP contribution in [0, 0.1) is 11.8 Å². The molecule has 0 aromatic heterocycles. The molecule has 3 fully saturated rings. The third-order valence-electron chi connectivity index (χ3n) is 5.85. The van der Waals surface area contributed by atoms with Crippen LogP contribution in [0.1, 0.15) is 43.0 Å². The Labute approximate surface area is 245 Å². The number of halogens is 3. The van der Waals surface area contributed by atoms with Gasteiger partial charge in [-0.3, -0.25) is 19.2 Å².